The fourth-order valence-corrected chi connectivity index (χ4v) is 4.60. The number of ether oxygens (including phenoxy) is 3. The molecule has 45 heavy (non-hydrogen) atoms. The van der Waals surface area contributed by atoms with E-state index in [9.17, 15) is 22.4 Å². The Hall–Kier alpha value is -3.83. The van der Waals surface area contributed by atoms with Crippen molar-refractivity contribution in [1.82, 2.24) is 0 Å². The lowest BCUT2D eigenvalue weighted by molar-refractivity contribution is -0.206. The van der Waals surface area contributed by atoms with Crippen LogP contribution in [0.5, 0.6) is 5.75 Å². The van der Waals surface area contributed by atoms with Gasteiger partial charge in [0.25, 0.3) is 0 Å². The van der Waals surface area contributed by atoms with Gasteiger partial charge in [-0.3, -0.25) is 0 Å². The van der Waals surface area contributed by atoms with Crippen molar-refractivity contribution < 1.29 is 36.6 Å². The average molecular weight is 627 g/mol. The first-order valence-corrected chi connectivity index (χ1v) is 15.7. The van der Waals surface area contributed by atoms with E-state index in [-0.39, 0.29) is 18.8 Å². The summed E-state index contributed by atoms with van der Waals surface area (Å²) in [6, 6.07) is 19.2. The van der Waals surface area contributed by atoms with Gasteiger partial charge in [0.05, 0.1) is 5.56 Å². The van der Waals surface area contributed by atoms with E-state index in [1.54, 1.807) is 0 Å². The second-order valence-corrected chi connectivity index (χ2v) is 10.8. The van der Waals surface area contributed by atoms with Crippen LogP contribution in [0.1, 0.15) is 93.1 Å². The van der Waals surface area contributed by atoms with Crippen LogP contribution in [-0.4, -0.2) is 31.5 Å². The van der Waals surface area contributed by atoms with Crippen LogP contribution in [-0.2, 0) is 16.1 Å². The first-order chi connectivity index (χ1) is 21.7. The number of halogens is 4. The molecule has 1 atom stereocenters. The Labute approximate surface area is 264 Å². The molecule has 0 saturated carbocycles. The quantitative estimate of drug-likeness (QED) is 0.0648. The van der Waals surface area contributed by atoms with Crippen molar-refractivity contribution in [3.8, 4) is 28.7 Å². The predicted molar refractivity (Wildman–Crippen MR) is 168 cm³/mol. The van der Waals surface area contributed by atoms with Crippen molar-refractivity contribution >= 4 is 5.97 Å². The molecule has 0 fully saturated rings. The molecule has 8 heteroatoms. The van der Waals surface area contributed by atoms with E-state index in [1.807, 2.05) is 55.5 Å². The highest BCUT2D eigenvalue weighted by molar-refractivity contribution is 5.90. The van der Waals surface area contributed by atoms with Gasteiger partial charge in [-0.25, -0.2) is 9.18 Å². The fourth-order valence-electron chi connectivity index (χ4n) is 4.60. The van der Waals surface area contributed by atoms with Crippen molar-refractivity contribution in [2.24, 2.45) is 0 Å². The van der Waals surface area contributed by atoms with Crippen LogP contribution in [0.2, 0.25) is 0 Å². The van der Waals surface area contributed by atoms with Gasteiger partial charge in [0.1, 0.15) is 18.2 Å². The van der Waals surface area contributed by atoms with Gasteiger partial charge in [0.2, 0.25) is 0 Å². The monoisotopic (exact) mass is 626 g/mol. The Balaban J connectivity index is 1.51. The normalized spacial score (nSPS) is 11.9. The Morgan fingerprint density at radius 2 is 1.53 bits per heavy atom. The maximum Gasteiger partial charge on any atom is 0.425 e. The molecule has 3 aromatic rings. The maximum absolute atomic E-state index is 14.7. The predicted octanol–water partition coefficient (Wildman–Crippen LogP) is 10.1. The second-order valence-electron chi connectivity index (χ2n) is 10.8. The summed E-state index contributed by atoms with van der Waals surface area (Å²) in [5.41, 5.74) is 3.31. The van der Waals surface area contributed by atoms with Gasteiger partial charge in [0.15, 0.2) is 6.10 Å². The van der Waals surface area contributed by atoms with E-state index in [0.717, 1.165) is 47.2 Å². The Morgan fingerprint density at radius 3 is 2.18 bits per heavy atom. The number of unbranched alkanes of at least 4 members (excludes halogenated alkanes) is 6. The smallest absolute Gasteiger partial charge is 0.425 e. The molecule has 0 aromatic heterocycles. The zero-order valence-corrected chi connectivity index (χ0v) is 26.1. The van der Waals surface area contributed by atoms with Crippen LogP contribution in [0.4, 0.5) is 17.6 Å². The summed E-state index contributed by atoms with van der Waals surface area (Å²) in [7, 11) is 0. The molecule has 4 nitrogen and oxygen atoms in total. The molecule has 1 unspecified atom stereocenters. The van der Waals surface area contributed by atoms with Gasteiger partial charge < -0.3 is 14.2 Å². The minimum Gasteiger partial charge on any atom is -0.489 e. The SMILES string of the molecule is CCCCCCC#Cc1ccc(-c2ccc(COc3ccc(C(=O)OC(CCCCCOCC)C(F)(F)F)c(F)c3)cc2)cc1. The van der Waals surface area contributed by atoms with Crippen LogP contribution >= 0.6 is 0 Å². The van der Waals surface area contributed by atoms with Crippen LogP contribution in [0.25, 0.3) is 11.1 Å². The minimum absolute atomic E-state index is 0.135. The molecule has 0 N–H and O–H groups in total. The number of alkyl halides is 3. The first-order valence-electron chi connectivity index (χ1n) is 15.7. The molecule has 0 aliphatic heterocycles. The van der Waals surface area contributed by atoms with Crippen LogP contribution in [0.3, 0.4) is 0 Å². The molecule has 0 amide bonds. The van der Waals surface area contributed by atoms with Gasteiger partial charge in [0, 0.05) is 31.3 Å². The summed E-state index contributed by atoms with van der Waals surface area (Å²) in [5, 5.41) is 0. The van der Waals surface area contributed by atoms with Crippen molar-refractivity contribution in [2.75, 3.05) is 13.2 Å². The average Bonchev–Trinajstić information content (AvgIpc) is 3.03. The number of hydrogen-bond acceptors (Lipinski definition) is 4. The van der Waals surface area contributed by atoms with E-state index >= 15 is 0 Å². The third-order valence-electron chi connectivity index (χ3n) is 7.20. The molecule has 0 radical (unpaired) electrons. The van der Waals surface area contributed by atoms with Crippen molar-refractivity contribution in [3.05, 3.63) is 89.2 Å². The Kier molecular flexibility index (Phi) is 14.9. The zero-order valence-electron chi connectivity index (χ0n) is 26.1. The summed E-state index contributed by atoms with van der Waals surface area (Å²) >= 11 is 0. The number of carbonyl (C=O) groups is 1. The second kappa shape index (κ2) is 18.9. The Morgan fingerprint density at radius 1 is 0.844 bits per heavy atom. The van der Waals surface area contributed by atoms with Crippen LogP contribution in [0, 0.1) is 17.7 Å². The summed E-state index contributed by atoms with van der Waals surface area (Å²) in [4.78, 5) is 12.4. The van der Waals surface area contributed by atoms with Crippen molar-refractivity contribution in [1.29, 1.82) is 0 Å². The van der Waals surface area contributed by atoms with Gasteiger partial charge in [-0.2, -0.15) is 13.2 Å². The van der Waals surface area contributed by atoms with Crippen molar-refractivity contribution in [3.63, 3.8) is 0 Å². The van der Waals surface area contributed by atoms with Gasteiger partial charge in [-0.15, -0.1) is 0 Å². The number of carbonyl (C=O) groups excluding carboxylic acids is 1. The summed E-state index contributed by atoms with van der Waals surface area (Å²) in [6.45, 7) is 5.16. The third kappa shape index (κ3) is 12.6. The molecule has 0 saturated heterocycles. The van der Waals surface area contributed by atoms with E-state index in [0.29, 0.717) is 26.1 Å². The van der Waals surface area contributed by atoms with Crippen molar-refractivity contribution in [2.45, 2.75) is 90.5 Å². The summed E-state index contributed by atoms with van der Waals surface area (Å²) < 4.78 is 70.6. The molecule has 0 heterocycles. The molecule has 0 aliphatic rings. The van der Waals surface area contributed by atoms with E-state index < -0.39 is 36.1 Å². The minimum atomic E-state index is -4.75. The van der Waals surface area contributed by atoms with Crippen LogP contribution < -0.4 is 4.74 Å². The van der Waals surface area contributed by atoms with Crippen LogP contribution in [0.15, 0.2) is 66.7 Å². The standard InChI is InChI=1S/C37H42F4O4/c1-3-5-6-7-8-10-13-28-15-19-30(20-16-28)31-21-17-29(18-22-31)27-44-32-23-24-33(34(38)26-32)36(42)45-35(37(39,40)41)14-11-9-12-25-43-4-2/h15-24,26,35H,3-9,11-12,14,25,27H2,1-2H3. The number of benzene rings is 3. The van der Waals surface area contributed by atoms with E-state index in [1.165, 1.54) is 25.3 Å². The number of hydrogen-bond donors (Lipinski definition) is 0. The highest BCUT2D eigenvalue weighted by Crippen LogP contribution is 2.29. The maximum atomic E-state index is 14.7. The lowest BCUT2D eigenvalue weighted by atomic mass is 10.0. The topological polar surface area (TPSA) is 44.8 Å². The first kappa shape index (κ1) is 35.6. The molecular formula is C37H42F4O4. The molecule has 0 aliphatic carbocycles. The molecule has 0 bridgehead atoms. The lowest BCUT2D eigenvalue weighted by Crippen LogP contribution is -2.34. The number of rotatable bonds is 17. The molecule has 0 spiro atoms. The van der Waals surface area contributed by atoms with Gasteiger partial charge >= 0.3 is 12.1 Å². The molecule has 3 rings (SSSR count). The summed E-state index contributed by atoms with van der Waals surface area (Å²) in [5.74, 6) is 4.20. The fraction of sp³-hybridized carbons (Fsp3) is 0.432. The summed E-state index contributed by atoms with van der Waals surface area (Å²) in [6.07, 6.45) is -0.445. The molecule has 3 aromatic carbocycles. The van der Waals surface area contributed by atoms with Gasteiger partial charge in [-0.1, -0.05) is 80.8 Å². The lowest BCUT2D eigenvalue weighted by Gasteiger charge is -2.21. The Bertz CT molecular complexity index is 1370. The van der Waals surface area contributed by atoms with Gasteiger partial charge in [-0.05, 0) is 73.6 Å². The molecule has 242 valence electrons. The van der Waals surface area contributed by atoms with E-state index in [4.69, 9.17) is 9.47 Å². The van der Waals surface area contributed by atoms with E-state index in [2.05, 4.69) is 23.5 Å². The molecular weight excluding hydrogens is 584 g/mol. The highest BCUT2D eigenvalue weighted by Gasteiger charge is 2.42. The highest BCUT2D eigenvalue weighted by atomic mass is 19.4. The third-order valence-corrected chi connectivity index (χ3v) is 7.20. The number of esters is 1. The largest absolute Gasteiger partial charge is 0.489 e. The zero-order chi connectivity index (χ0) is 32.5.